The van der Waals surface area contributed by atoms with Crippen LogP contribution in [0.2, 0.25) is 0 Å². The number of ether oxygens (including phenoxy) is 1. The van der Waals surface area contributed by atoms with E-state index in [2.05, 4.69) is 39.6 Å². The molecule has 5 atom stereocenters. The van der Waals surface area contributed by atoms with E-state index < -0.39 is 28.4 Å². The number of carbonyl (C=O) groups excluding carboxylic acids is 2. The van der Waals surface area contributed by atoms with E-state index in [4.69, 9.17) is 4.74 Å². The smallest absolute Gasteiger partial charge is 0.325 e. The van der Waals surface area contributed by atoms with Gasteiger partial charge < -0.3 is 20.1 Å². The van der Waals surface area contributed by atoms with Crippen LogP contribution in [0.15, 0.2) is 82.5 Å². The van der Waals surface area contributed by atoms with Crippen LogP contribution in [0.5, 0.6) is 5.75 Å². The predicted molar refractivity (Wildman–Crippen MR) is 176 cm³/mol. The van der Waals surface area contributed by atoms with Crippen molar-refractivity contribution in [1.29, 1.82) is 0 Å². The Morgan fingerprint density at radius 2 is 1.74 bits per heavy atom. The van der Waals surface area contributed by atoms with E-state index in [1.54, 1.807) is 12.1 Å². The van der Waals surface area contributed by atoms with Crippen LogP contribution < -0.4 is 21.3 Å². The molecule has 9 nitrogen and oxygen atoms in total. The van der Waals surface area contributed by atoms with Crippen LogP contribution in [-0.2, 0) is 29.5 Å². The molecule has 2 saturated carbocycles. The minimum Gasteiger partial charge on any atom is -0.480 e. The zero-order valence-electron chi connectivity index (χ0n) is 26.0. The summed E-state index contributed by atoms with van der Waals surface area (Å²) in [5.74, 6) is 0.579. The molecule has 0 saturated heterocycles. The highest BCUT2D eigenvalue weighted by Gasteiger charge is 2.73. The molecule has 4 aromatic rings. The van der Waals surface area contributed by atoms with Gasteiger partial charge in [-0.2, -0.15) is 0 Å². The van der Waals surface area contributed by atoms with Gasteiger partial charge in [-0.15, -0.1) is 0 Å². The number of rotatable bonds is 8. The molecule has 2 bridgehead atoms. The van der Waals surface area contributed by atoms with Crippen molar-refractivity contribution in [3.05, 3.63) is 122 Å². The van der Waals surface area contributed by atoms with Gasteiger partial charge in [-0.3, -0.25) is 19.4 Å². The monoisotopic (exact) mass is 631 g/mol. The second kappa shape index (κ2) is 11.2. The molecule has 9 heteroatoms. The molecule has 1 amide bonds. The number of ketones is 1. The van der Waals surface area contributed by atoms with Gasteiger partial charge in [-0.25, -0.2) is 4.79 Å². The number of carbonyl (C=O) groups is 2. The first-order chi connectivity index (χ1) is 22.8. The average molecular weight is 632 g/mol. The van der Waals surface area contributed by atoms with Crippen LogP contribution in [0, 0.1) is 11.8 Å². The van der Waals surface area contributed by atoms with Crippen molar-refractivity contribution in [2.45, 2.75) is 68.5 Å². The van der Waals surface area contributed by atoms with Gasteiger partial charge in [0.25, 0.3) is 11.5 Å². The Morgan fingerprint density at radius 1 is 0.957 bits per heavy atom. The SMILES string of the molecule is O=C(NCCc1ccc(-c2c[nH]c(=O)[nH]c2=O)cc1)c1ccc2c3c1O[C@H]1C(=O)CC[C@@]4(O)[C@@H](C2)C(CCc2ccccc2)CC[C@]314. The number of hydrogen-bond donors (Lipinski definition) is 4. The maximum atomic E-state index is 13.6. The largest absolute Gasteiger partial charge is 0.480 e. The average Bonchev–Trinajstić information content (AvgIpc) is 3.43. The van der Waals surface area contributed by atoms with Crippen molar-refractivity contribution in [2.24, 2.45) is 11.8 Å². The van der Waals surface area contributed by atoms with Crippen molar-refractivity contribution >= 4 is 11.7 Å². The van der Waals surface area contributed by atoms with Crippen LogP contribution in [0.4, 0.5) is 0 Å². The number of nitrogens with one attached hydrogen (secondary N) is 3. The molecule has 47 heavy (non-hydrogen) atoms. The zero-order chi connectivity index (χ0) is 32.3. The van der Waals surface area contributed by atoms with Gasteiger partial charge in [0.2, 0.25) is 0 Å². The summed E-state index contributed by atoms with van der Waals surface area (Å²) in [6.45, 7) is 0.372. The van der Waals surface area contributed by atoms with Crippen molar-refractivity contribution in [3.63, 3.8) is 0 Å². The first kappa shape index (κ1) is 29.6. The summed E-state index contributed by atoms with van der Waals surface area (Å²) < 4.78 is 6.49. The number of aliphatic hydroxyl groups is 1. The summed E-state index contributed by atoms with van der Waals surface area (Å²) in [5.41, 5.74) is 2.81. The van der Waals surface area contributed by atoms with Gasteiger partial charge in [0, 0.05) is 24.7 Å². The lowest BCUT2D eigenvalue weighted by Crippen LogP contribution is -2.71. The van der Waals surface area contributed by atoms with Gasteiger partial charge in [0.05, 0.1) is 22.1 Å². The van der Waals surface area contributed by atoms with Crippen LogP contribution in [0.25, 0.3) is 11.1 Å². The molecule has 1 unspecified atom stereocenters. The molecule has 8 rings (SSSR count). The molecule has 2 heterocycles. The van der Waals surface area contributed by atoms with Crippen molar-refractivity contribution in [1.82, 2.24) is 15.3 Å². The zero-order valence-corrected chi connectivity index (χ0v) is 26.0. The molecule has 240 valence electrons. The molecule has 2 fully saturated rings. The summed E-state index contributed by atoms with van der Waals surface area (Å²) in [7, 11) is 0. The molecular weight excluding hydrogens is 594 g/mol. The van der Waals surface area contributed by atoms with Gasteiger partial charge in [-0.1, -0.05) is 60.7 Å². The molecule has 3 aliphatic carbocycles. The van der Waals surface area contributed by atoms with E-state index in [-0.39, 0.29) is 24.0 Å². The maximum absolute atomic E-state index is 13.6. The number of aryl methyl sites for hydroxylation is 1. The fraction of sp³-hybridized carbons (Fsp3) is 0.368. The third kappa shape index (κ3) is 4.62. The van der Waals surface area contributed by atoms with Crippen LogP contribution in [0.1, 0.15) is 64.7 Å². The Hall–Kier alpha value is -4.76. The molecule has 1 aromatic heterocycles. The van der Waals surface area contributed by atoms with Gasteiger partial charge >= 0.3 is 5.69 Å². The lowest BCUT2D eigenvalue weighted by molar-refractivity contribution is -0.189. The van der Waals surface area contributed by atoms with Crippen LogP contribution >= 0.6 is 0 Å². The predicted octanol–water partition coefficient (Wildman–Crippen LogP) is 4.01. The summed E-state index contributed by atoms with van der Waals surface area (Å²) in [6.07, 6.45) is 6.15. The highest BCUT2D eigenvalue weighted by molar-refractivity contribution is 5.99. The topological polar surface area (TPSA) is 141 Å². The van der Waals surface area contributed by atoms with Crippen molar-refractivity contribution < 1.29 is 19.4 Å². The number of H-pyrrole nitrogens is 2. The summed E-state index contributed by atoms with van der Waals surface area (Å²) in [6, 6.07) is 21.7. The number of aromatic amines is 2. The van der Waals surface area contributed by atoms with E-state index in [1.807, 2.05) is 30.3 Å². The van der Waals surface area contributed by atoms with Gasteiger partial charge in [0.1, 0.15) is 5.75 Å². The second-order valence-electron chi connectivity index (χ2n) is 13.7. The normalized spacial score (nSPS) is 26.7. The Kier molecular flexibility index (Phi) is 7.06. The Morgan fingerprint density at radius 3 is 2.53 bits per heavy atom. The Balaban J connectivity index is 1.02. The van der Waals surface area contributed by atoms with Crippen LogP contribution in [-0.4, -0.2) is 45.0 Å². The van der Waals surface area contributed by atoms with Gasteiger partial charge in [0.15, 0.2) is 11.9 Å². The summed E-state index contributed by atoms with van der Waals surface area (Å²) >= 11 is 0. The molecule has 3 aromatic carbocycles. The maximum Gasteiger partial charge on any atom is 0.325 e. The quantitative estimate of drug-likeness (QED) is 0.232. The molecule has 4 N–H and O–H groups in total. The lowest BCUT2D eigenvalue weighted by Gasteiger charge is -2.61. The van der Waals surface area contributed by atoms with E-state index in [0.29, 0.717) is 60.6 Å². The van der Waals surface area contributed by atoms with Crippen molar-refractivity contribution in [2.75, 3.05) is 6.54 Å². The molecule has 1 aliphatic heterocycles. The minimum atomic E-state index is -1.05. The van der Waals surface area contributed by atoms with E-state index in [9.17, 15) is 24.3 Å². The Labute approximate surface area is 271 Å². The van der Waals surface area contributed by atoms with E-state index in [0.717, 1.165) is 36.0 Å². The summed E-state index contributed by atoms with van der Waals surface area (Å²) in [5, 5.41) is 15.7. The number of benzene rings is 3. The summed E-state index contributed by atoms with van der Waals surface area (Å²) in [4.78, 5) is 55.2. The number of Topliss-reactive ketones (excluding diaryl/α,β-unsaturated/α-hetero) is 1. The fourth-order valence-electron chi connectivity index (χ4n) is 9.18. The highest BCUT2D eigenvalue weighted by atomic mass is 16.5. The third-order valence-corrected chi connectivity index (χ3v) is 11.4. The molecule has 0 radical (unpaired) electrons. The fourth-order valence-corrected chi connectivity index (χ4v) is 9.18. The first-order valence-electron chi connectivity index (χ1n) is 16.6. The minimum absolute atomic E-state index is 0.0128. The van der Waals surface area contributed by atoms with Gasteiger partial charge in [-0.05, 0) is 85.1 Å². The Bertz CT molecular complexity index is 2000. The van der Waals surface area contributed by atoms with Crippen molar-refractivity contribution in [3.8, 4) is 16.9 Å². The lowest BCUT2D eigenvalue weighted by atomic mass is 9.43. The molecular formula is C38H37N3O6. The van der Waals surface area contributed by atoms with E-state index in [1.165, 1.54) is 11.8 Å². The number of amides is 1. The highest BCUT2D eigenvalue weighted by Crippen LogP contribution is 2.67. The number of aromatic nitrogens is 2. The van der Waals surface area contributed by atoms with Crippen LogP contribution in [0.3, 0.4) is 0 Å². The molecule has 1 spiro atoms. The first-order valence-corrected chi connectivity index (χ1v) is 16.6. The third-order valence-electron chi connectivity index (χ3n) is 11.4. The van der Waals surface area contributed by atoms with E-state index >= 15 is 0 Å². The standard InChI is InChI=1S/C38H37N3O6/c42-30-15-18-38(46)29-20-26-12-13-27(34(43)39-19-16-23-6-9-24(10-7-23)28-21-40-36(45)41-35(28)44)32-31(26)37(38,33(30)47-32)17-14-25(29)11-8-22-4-2-1-3-5-22/h1-7,9-10,12-13,21,25,29,33,46H,8,11,14-20H2,(H,39,43)(H2,40,41,44,45)/t25?,29-,33-,37-,38+/m0/s1. The molecule has 4 aliphatic rings. The second-order valence-corrected chi connectivity index (χ2v) is 13.7. The number of hydrogen-bond acceptors (Lipinski definition) is 6.